The van der Waals surface area contributed by atoms with Gasteiger partial charge in [0.2, 0.25) is 11.4 Å². The first-order valence-electron chi connectivity index (χ1n) is 19.6. The molecule has 3 aliphatic heterocycles. The van der Waals surface area contributed by atoms with Crippen LogP contribution in [0.2, 0.25) is 19.6 Å². The molecule has 3 aromatic rings. The summed E-state index contributed by atoms with van der Waals surface area (Å²) in [6, 6.07) is 16.9. The van der Waals surface area contributed by atoms with Crippen LogP contribution in [0.1, 0.15) is 101 Å². The van der Waals surface area contributed by atoms with Gasteiger partial charge in [0.05, 0.1) is 19.6 Å². The molecule has 0 bridgehead atoms. The molecule has 268 valence electrons. The molecule has 4 nitrogen and oxygen atoms in total. The average Bonchev–Trinajstić information content (AvgIpc) is 3.59. The highest BCUT2D eigenvalue weighted by molar-refractivity contribution is 6.89. The van der Waals surface area contributed by atoms with E-state index >= 15 is 0 Å². The largest absolute Gasteiger partial charge is 0.442 e. The lowest BCUT2D eigenvalue weighted by molar-refractivity contribution is -0.750. The molecule has 7 rings (SSSR count). The number of fused-ring (bicyclic) bond motifs is 8. The molecule has 1 aliphatic carbocycles. The van der Waals surface area contributed by atoms with Crippen LogP contribution in [0.5, 0.6) is 0 Å². The molecule has 0 saturated heterocycles. The van der Waals surface area contributed by atoms with Gasteiger partial charge in [0.25, 0.3) is 0 Å². The molecule has 1 N–H and O–H groups in total. The number of hydrogen-bond donors (Lipinski definition) is 1. The van der Waals surface area contributed by atoms with Crippen molar-refractivity contribution in [3.8, 4) is 11.3 Å². The van der Waals surface area contributed by atoms with Gasteiger partial charge in [-0.1, -0.05) is 91.0 Å². The quantitative estimate of drug-likeness (QED) is 0.158. The lowest BCUT2D eigenvalue weighted by Gasteiger charge is -2.36. The predicted molar refractivity (Wildman–Crippen MR) is 214 cm³/mol. The van der Waals surface area contributed by atoms with Crippen molar-refractivity contribution in [2.24, 2.45) is 17.8 Å². The van der Waals surface area contributed by atoms with Gasteiger partial charge in [0.1, 0.15) is 5.76 Å². The molecule has 3 unspecified atom stereocenters. The molecule has 1 fully saturated rings. The Morgan fingerprint density at radius 3 is 2.47 bits per heavy atom. The van der Waals surface area contributed by atoms with Crippen molar-refractivity contribution in [3.05, 3.63) is 120 Å². The van der Waals surface area contributed by atoms with Crippen molar-refractivity contribution < 1.29 is 13.9 Å². The SMILES string of the molecule is C=CC1C[n+]2ccc(C(C)(C)C3CCCC3)cc2C2=C(CCC3c4ccccc4-c4cc(CC(C)C)c([Si](C)(C)C)c[n+]4C13)CNC(=C)OC2=C. The Hall–Kier alpha value is -3.70. The van der Waals surface area contributed by atoms with E-state index in [2.05, 4.69) is 142 Å². The second-order valence-electron chi connectivity index (χ2n) is 17.9. The Morgan fingerprint density at radius 2 is 1.76 bits per heavy atom. The molecule has 3 atom stereocenters. The zero-order valence-corrected chi connectivity index (χ0v) is 33.4. The van der Waals surface area contributed by atoms with Gasteiger partial charge in [0.15, 0.2) is 30.9 Å². The number of nitrogens with one attached hydrogen (secondary N) is 1. The summed E-state index contributed by atoms with van der Waals surface area (Å²) in [7, 11) is -1.66. The fourth-order valence-corrected chi connectivity index (χ4v) is 11.6. The summed E-state index contributed by atoms with van der Waals surface area (Å²) in [4.78, 5) is 0. The van der Waals surface area contributed by atoms with Crippen LogP contribution in [0.25, 0.3) is 16.8 Å². The molecule has 4 aliphatic rings. The van der Waals surface area contributed by atoms with Gasteiger partial charge in [-0.2, -0.15) is 9.13 Å². The van der Waals surface area contributed by atoms with Crippen molar-refractivity contribution in [2.75, 3.05) is 6.54 Å². The Bertz CT molecular complexity index is 1900. The van der Waals surface area contributed by atoms with E-state index in [0.29, 0.717) is 35.9 Å². The number of nitrogens with zero attached hydrogens (tertiary/aromatic N) is 2. The smallest absolute Gasteiger partial charge is 0.216 e. The maximum atomic E-state index is 6.29. The second kappa shape index (κ2) is 13.7. The van der Waals surface area contributed by atoms with Crippen LogP contribution in [0.15, 0.2) is 97.9 Å². The van der Waals surface area contributed by atoms with Crippen LogP contribution < -0.4 is 19.6 Å². The van der Waals surface area contributed by atoms with Crippen LogP contribution >= 0.6 is 0 Å². The van der Waals surface area contributed by atoms with Crippen molar-refractivity contribution >= 4 is 18.8 Å². The zero-order chi connectivity index (χ0) is 36.2. The van der Waals surface area contributed by atoms with E-state index in [4.69, 9.17) is 4.74 Å². The first-order chi connectivity index (χ1) is 24.3. The van der Waals surface area contributed by atoms with Gasteiger partial charge < -0.3 is 10.1 Å². The molecule has 0 amide bonds. The summed E-state index contributed by atoms with van der Waals surface area (Å²) in [6.45, 7) is 32.0. The minimum Gasteiger partial charge on any atom is -0.442 e. The Morgan fingerprint density at radius 1 is 1.02 bits per heavy atom. The summed E-state index contributed by atoms with van der Waals surface area (Å²) < 4.78 is 11.5. The number of hydrogen-bond acceptors (Lipinski definition) is 2. The lowest BCUT2D eigenvalue weighted by Crippen LogP contribution is -2.57. The number of rotatable bonds is 6. The first kappa shape index (κ1) is 35.7. The molecule has 0 radical (unpaired) electrons. The molecular weight excluding hydrogens is 639 g/mol. The summed E-state index contributed by atoms with van der Waals surface area (Å²) in [6.07, 6.45) is 15.6. The Labute approximate surface area is 309 Å². The van der Waals surface area contributed by atoms with E-state index < -0.39 is 8.07 Å². The molecule has 0 spiro atoms. The predicted octanol–water partition coefficient (Wildman–Crippen LogP) is 9.43. The van der Waals surface area contributed by atoms with Crippen LogP contribution in [-0.2, 0) is 23.1 Å². The molecule has 5 heterocycles. The Balaban J connectivity index is 1.45. The number of ether oxygens (including phenoxy) is 1. The van der Waals surface area contributed by atoms with E-state index in [1.54, 1.807) is 5.19 Å². The molecule has 1 saturated carbocycles. The van der Waals surface area contributed by atoms with E-state index in [0.717, 1.165) is 31.4 Å². The maximum Gasteiger partial charge on any atom is 0.216 e. The first-order valence-corrected chi connectivity index (χ1v) is 23.1. The number of aromatic nitrogens is 2. The van der Waals surface area contributed by atoms with E-state index in [9.17, 15) is 0 Å². The van der Waals surface area contributed by atoms with Gasteiger partial charge >= 0.3 is 0 Å². The number of pyridine rings is 2. The van der Waals surface area contributed by atoms with Gasteiger partial charge in [-0.25, -0.2) is 0 Å². The molecular formula is C46H61N3OSi+2. The van der Waals surface area contributed by atoms with Crippen LogP contribution in [0, 0.1) is 17.8 Å². The molecule has 2 aromatic heterocycles. The highest BCUT2D eigenvalue weighted by Gasteiger charge is 2.47. The summed E-state index contributed by atoms with van der Waals surface area (Å²) in [5, 5.41) is 5.08. The van der Waals surface area contributed by atoms with E-state index in [1.807, 2.05) is 0 Å². The van der Waals surface area contributed by atoms with Gasteiger partial charge in [-0.05, 0) is 84.3 Å². The summed E-state index contributed by atoms with van der Waals surface area (Å²) in [5.74, 6) is 3.09. The van der Waals surface area contributed by atoms with Crippen molar-refractivity contribution in [1.29, 1.82) is 0 Å². The minimum atomic E-state index is -1.66. The van der Waals surface area contributed by atoms with Crippen molar-refractivity contribution in [3.63, 3.8) is 0 Å². The average molecular weight is 700 g/mol. The van der Waals surface area contributed by atoms with Crippen molar-refractivity contribution in [2.45, 2.75) is 116 Å². The second-order valence-corrected chi connectivity index (χ2v) is 23.0. The third-order valence-electron chi connectivity index (χ3n) is 12.7. The van der Waals surface area contributed by atoms with E-state index in [1.165, 1.54) is 64.9 Å². The van der Waals surface area contributed by atoms with Crippen LogP contribution in [0.3, 0.4) is 0 Å². The topological polar surface area (TPSA) is 29.0 Å². The zero-order valence-electron chi connectivity index (χ0n) is 32.4. The Kier molecular flexibility index (Phi) is 9.58. The van der Waals surface area contributed by atoms with E-state index in [-0.39, 0.29) is 17.4 Å². The summed E-state index contributed by atoms with van der Waals surface area (Å²) >= 11 is 0. The summed E-state index contributed by atoms with van der Waals surface area (Å²) in [5.41, 5.74) is 10.9. The minimum absolute atomic E-state index is 0.0860. The third-order valence-corrected chi connectivity index (χ3v) is 14.8. The standard InChI is InChI=1S/C46H61N3OSi/c1-11-33-28-48-23-22-37(46(6,7)36-16-12-13-17-36)26-42(48)44-31(4)50-32(5)47-27-34(44)20-21-40-38-18-14-15-19-39(38)41-25-35(24-30(2)3)43(51(8,9)10)29-49(41)45(33)40/h11,14-15,18-19,22-23,25-26,29-30,33,36,40,45,47H,1,4-5,12-13,16-17,20-21,24,27-28H2,2-3,6-10H3/q+2. The molecule has 51 heavy (non-hydrogen) atoms. The normalized spacial score (nSPS) is 22.5. The highest BCUT2D eigenvalue weighted by Crippen LogP contribution is 2.47. The number of allylic oxidation sites excluding steroid dienone is 2. The fourth-order valence-electron chi connectivity index (χ4n) is 9.95. The monoisotopic (exact) mass is 699 g/mol. The van der Waals surface area contributed by atoms with Gasteiger partial charge in [-0.3, -0.25) is 0 Å². The molecule has 1 aromatic carbocycles. The third kappa shape index (κ3) is 6.60. The fraction of sp³-hybridized carbons (Fsp3) is 0.478. The highest BCUT2D eigenvalue weighted by atomic mass is 28.3. The maximum absolute atomic E-state index is 6.29. The lowest BCUT2D eigenvalue weighted by atomic mass is 9.72. The van der Waals surface area contributed by atoms with Crippen LogP contribution in [-0.4, -0.2) is 14.6 Å². The molecule has 5 heteroatoms. The van der Waals surface area contributed by atoms with Crippen LogP contribution in [0.4, 0.5) is 0 Å². The van der Waals surface area contributed by atoms with Crippen molar-refractivity contribution in [1.82, 2.24) is 5.32 Å². The number of benzene rings is 1. The van der Waals surface area contributed by atoms with Gasteiger partial charge in [0, 0.05) is 41.4 Å². The van der Waals surface area contributed by atoms with Gasteiger partial charge in [-0.15, -0.1) is 6.58 Å².